The standard InChI is InChI=1S/C25H28FN3O3S/c26-22-8-5-9-24(15-22)32-19-23-18-29(13-12-27-23)17-21-7-4-6-20(14-21)16-28-33(30,31)25-10-2-1-3-11-25/h1-11,14-15,23,27-28H,12-13,16-19H2. The predicted octanol–water partition coefficient (Wildman–Crippen LogP) is 3.16. The lowest BCUT2D eigenvalue weighted by molar-refractivity contribution is 0.152. The lowest BCUT2D eigenvalue weighted by Gasteiger charge is -2.33. The molecular weight excluding hydrogens is 441 g/mol. The molecule has 1 saturated heterocycles. The summed E-state index contributed by atoms with van der Waals surface area (Å²) in [4.78, 5) is 2.59. The van der Waals surface area contributed by atoms with Crippen LogP contribution in [0.25, 0.3) is 0 Å². The number of nitrogens with zero attached hydrogens (tertiary/aromatic N) is 1. The summed E-state index contributed by atoms with van der Waals surface area (Å²) < 4.78 is 46.7. The first-order valence-electron chi connectivity index (χ1n) is 10.9. The van der Waals surface area contributed by atoms with Gasteiger partial charge < -0.3 is 10.1 Å². The summed E-state index contributed by atoms with van der Waals surface area (Å²) in [5, 5.41) is 3.45. The van der Waals surface area contributed by atoms with Crippen LogP contribution in [0.4, 0.5) is 4.39 Å². The maximum atomic E-state index is 13.3. The van der Waals surface area contributed by atoms with Crippen LogP contribution >= 0.6 is 0 Å². The number of benzene rings is 3. The van der Waals surface area contributed by atoms with Gasteiger partial charge in [0, 0.05) is 38.8 Å². The van der Waals surface area contributed by atoms with Crippen molar-refractivity contribution < 1.29 is 17.5 Å². The van der Waals surface area contributed by atoms with Gasteiger partial charge in [-0.3, -0.25) is 4.90 Å². The van der Waals surface area contributed by atoms with Crippen LogP contribution in [0.2, 0.25) is 0 Å². The van der Waals surface area contributed by atoms with Gasteiger partial charge in [-0.1, -0.05) is 48.5 Å². The number of piperazine rings is 1. The molecule has 8 heteroatoms. The summed E-state index contributed by atoms with van der Waals surface area (Å²) in [5.74, 6) is 0.219. The van der Waals surface area contributed by atoms with Gasteiger partial charge in [0.2, 0.25) is 10.0 Å². The van der Waals surface area contributed by atoms with Crippen LogP contribution < -0.4 is 14.8 Å². The van der Waals surface area contributed by atoms with E-state index in [0.29, 0.717) is 12.4 Å². The molecule has 0 aromatic heterocycles. The van der Waals surface area contributed by atoms with Crippen molar-refractivity contribution in [2.24, 2.45) is 0 Å². The van der Waals surface area contributed by atoms with Crippen LogP contribution in [0.5, 0.6) is 5.75 Å². The third-order valence-corrected chi connectivity index (χ3v) is 6.92. The molecule has 1 aliphatic rings. The summed E-state index contributed by atoms with van der Waals surface area (Å²) in [6.45, 7) is 4.00. The molecule has 2 N–H and O–H groups in total. The molecule has 0 amide bonds. The minimum absolute atomic E-state index is 0.142. The van der Waals surface area contributed by atoms with Crippen LogP contribution in [0.3, 0.4) is 0 Å². The van der Waals surface area contributed by atoms with Crippen LogP contribution in [-0.2, 0) is 23.1 Å². The van der Waals surface area contributed by atoms with E-state index in [-0.39, 0.29) is 23.3 Å². The highest BCUT2D eigenvalue weighted by atomic mass is 32.2. The van der Waals surface area contributed by atoms with Gasteiger partial charge in [0.15, 0.2) is 0 Å². The second-order valence-corrected chi connectivity index (χ2v) is 9.88. The van der Waals surface area contributed by atoms with Gasteiger partial charge in [-0.15, -0.1) is 0 Å². The van der Waals surface area contributed by atoms with Gasteiger partial charge in [0.1, 0.15) is 18.2 Å². The van der Waals surface area contributed by atoms with E-state index < -0.39 is 10.0 Å². The third kappa shape index (κ3) is 6.85. The van der Waals surface area contributed by atoms with Gasteiger partial charge in [-0.05, 0) is 35.4 Å². The third-order valence-electron chi connectivity index (χ3n) is 5.50. The van der Waals surface area contributed by atoms with Gasteiger partial charge >= 0.3 is 0 Å². The first kappa shape index (κ1) is 23.4. The molecule has 4 rings (SSSR count). The van der Waals surface area contributed by atoms with E-state index in [1.165, 1.54) is 12.1 Å². The summed E-state index contributed by atoms with van der Waals surface area (Å²) in [7, 11) is -3.54. The summed E-state index contributed by atoms with van der Waals surface area (Å²) in [6.07, 6.45) is 0. The van der Waals surface area contributed by atoms with Crippen molar-refractivity contribution >= 4 is 10.0 Å². The Labute approximate surface area is 194 Å². The Morgan fingerprint density at radius 3 is 2.61 bits per heavy atom. The summed E-state index contributed by atoms with van der Waals surface area (Å²) >= 11 is 0. The number of hydrogen-bond acceptors (Lipinski definition) is 5. The zero-order valence-corrected chi connectivity index (χ0v) is 19.1. The van der Waals surface area contributed by atoms with Crippen LogP contribution in [0.1, 0.15) is 11.1 Å². The first-order chi connectivity index (χ1) is 16.0. The van der Waals surface area contributed by atoms with E-state index in [4.69, 9.17) is 4.74 Å². The van der Waals surface area contributed by atoms with Crippen LogP contribution in [-0.4, -0.2) is 45.6 Å². The van der Waals surface area contributed by atoms with Crippen molar-refractivity contribution in [2.75, 3.05) is 26.2 Å². The van der Waals surface area contributed by atoms with E-state index in [0.717, 1.165) is 37.3 Å². The molecule has 0 aliphatic carbocycles. The minimum Gasteiger partial charge on any atom is -0.492 e. The number of nitrogens with one attached hydrogen (secondary N) is 2. The largest absolute Gasteiger partial charge is 0.492 e. The second-order valence-electron chi connectivity index (χ2n) is 8.11. The Morgan fingerprint density at radius 2 is 1.79 bits per heavy atom. The molecular formula is C25H28FN3O3S. The van der Waals surface area contributed by atoms with Gasteiger partial charge in [-0.2, -0.15) is 0 Å². The van der Waals surface area contributed by atoms with E-state index >= 15 is 0 Å². The Hall–Kier alpha value is -2.78. The Kier molecular flexibility index (Phi) is 7.72. The van der Waals surface area contributed by atoms with Crippen LogP contribution in [0, 0.1) is 5.82 Å². The number of sulfonamides is 1. The second kappa shape index (κ2) is 10.9. The minimum atomic E-state index is -3.54. The van der Waals surface area contributed by atoms with E-state index in [1.54, 1.807) is 42.5 Å². The first-order valence-corrected chi connectivity index (χ1v) is 12.4. The number of rotatable bonds is 9. The van der Waals surface area contributed by atoms with Crippen molar-refractivity contribution in [3.63, 3.8) is 0 Å². The van der Waals surface area contributed by atoms with Crippen molar-refractivity contribution in [3.05, 3.63) is 95.8 Å². The molecule has 0 bridgehead atoms. The van der Waals surface area contributed by atoms with Gasteiger partial charge in [0.05, 0.1) is 10.9 Å². The average molecular weight is 470 g/mol. The zero-order chi connectivity index (χ0) is 23.1. The van der Waals surface area contributed by atoms with E-state index in [1.807, 2.05) is 18.2 Å². The Morgan fingerprint density at radius 1 is 1.00 bits per heavy atom. The number of ether oxygens (including phenoxy) is 1. The Balaban J connectivity index is 1.30. The molecule has 0 saturated carbocycles. The average Bonchev–Trinajstić information content (AvgIpc) is 2.83. The smallest absolute Gasteiger partial charge is 0.240 e. The normalized spacial score (nSPS) is 17.1. The molecule has 1 unspecified atom stereocenters. The van der Waals surface area contributed by atoms with E-state index in [2.05, 4.69) is 21.0 Å². The molecule has 1 aliphatic heterocycles. The molecule has 1 fully saturated rings. The maximum Gasteiger partial charge on any atom is 0.240 e. The monoisotopic (exact) mass is 469 g/mol. The predicted molar refractivity (Wildman–Crippen MR) is 126 cm³/mol. The lowest BCUT2D eigenvalue weighted by Crippen LogP contribution is -2.52. The Bertz CT molecular complexity index is 1160. The van der Waals surface area contributed by atoms with Crippen molar-refractivity contribution in [1.29, 1.82) is 0 Å². The van der Waals surface area contributed by atoms with E-state index in [9.17, 15) is 12.8 Å². The maximum absolute atomic E-state index is 13.3. The highest BCUT2D eigenvalue weighted by Crippen LogP contribution is 2.15. The fourth-order valence-electron chi connectivity index (χ4n) is 3.86. The lowest BCUT2D eigenvalue weighted by atomic mass is 10.1. The fourth-order valence-corrected chi connectivity index (χ4v) is 4.90. The molecule has 1 atom stereocenters. The zero-order valence-electron chi connectivity index (χ0n) is 18.3. The SMILES string of the molecule is O=S(=O)(NCc1cccc(CN2CCNC(COc3cccc(F)c3)C2)c1)c1ccccc1. The van der Waals surface area contributed by atoms with Gasteiger partial charge in [0.25, 0.3) is 0 Å². The molecule has 0 spiro atoms. The highest BCUT2D eigenvalue weighted by Gasteiger charge is 2.20. The molecule has 0 radical (unpaired) electrons. The van der Waals surface area contributed by atoms with Crippen molar-refractivity contribution in [1.82, 2.24) is 14.9 Å². The van der Waals surface area contributed by atoms with Crippen molar-refractivity contribution in [2.45, 2.75) is 24.0 Å². The molecule has 3 aromatic rings. The molecule has 6 nitrogen and oxygen atoms in total. The quantitative estimate of drug-likeness (QED) is 0.504. The van der Waals surface area contributed by atoms with Gasteiger partial charge in [-0.25, -0.2) is 17.5 Å². The fraction of sp³-hybridized carbons (Fsp3) is 0.280. The summed E-state index contributed by atoms with van der Waals surface area (Å²) in [5.41, 5.74) is 2.03. The van der Waals surface area contributed by atoms with Crippen LogP contribution in [0.15, 0.2) is 83.8 Å². The molecule has 33 heavy (non-hydrogen) atoms. The molecule has 174 valence electrons. The number of halogens is 1. The summed E-state index contributed by atoms with van der Waals surface area (Å²) in [6, 6.07) is 22.6. The topological polar surface area (TPSA) is 70.7 Å². The molecule has 1 heterocycles. The van der Waals surface area contributed by atoms with Crippen molar-refractivity contribution in [3.8, 4) is 5.75 Å². The molecule has 3 aromatic carbocycles. The number of hydrogen-bond donors (Lipinski definition) is 2. The highest BCUT2D eigenvalue weighted by molar-refractivity contribution is 7.89.